The second-order valence-electron chi connectivity index (χ2n) is 4.98. The highest BCUT2D eigenvalue weighted by Gasteiger charge is 2.41. The van der Waals surface area contributed by atoms with E-state index in [0.29, 0.717) is 6.04 Å². The summed E-state index contributed by atoms with van der Waals surface area (Å²) in [6.07, 6.45) is 4.08. The topological polar surface area (TPSA) is 57.6 Å². The molecule has 4 nitrogen and oxygen atoms in total. The fraction of sp³-hybridized carbons (Fsp3) is 1.00. The van der Waals surface area contributed by atoms with E-state index in [-0.39, 0.29) is 17.5 Å². The van der Waals surface area contributed by atoms with Crippen molar-refractivity contribution < 1.29 is 13.5 Å². The third-order valence-electron chi connectivity index (χ3n) is 3.88. The average molecular weight is 247 g/mol. The summed E-state index contributed by atoms with van der Waals surface area (Å²) >= 11 is 0. The fourth-order valence-electron chi connectivity index (χ4n) is 3.13. The Morgan fingerprint density at radius 3 is 2.31 bits per heavy atom. The van der Waals surface area contributed by atoms with Crippen LogP contribution >= 0.6 is 0 Å². The molecular formula is C11H21NO3S. The van der Waals surface area contributed by atoms with Crippen LogP contribution in [0, 0.1) is 0 Å². The molecule has 0 spiro atoms. The quantitative estimate of drug-likeness (QED) is 0.785. The SMILES string of the molecule is CCN(C1CCCC1)C1CS(=O)(=O)CC1O. The summed E-state index contributed by atoms with van der Waals surface area (Å²) in [4.78, 5) is 2.21. The summed E-state index contributed by atoms with van der Waals surface area (Å²) in [5, 5.41) is 9.87. The van der Waals surface area contributed by atoms with Crippen LogP contribution in [0.15, 0.2) is 0 Å². The van der Waals surface area contributed by atoms with Crippen molar-refractivity contribution in [2.75, 3.05) is 18.1 Å². The van der Waals surface area contributed by atoms with E-state index < -0.39 is 15.9 Å². The minimum atomic E-state index is -3.02. The Labute approximate surface area is 97.6 Å². The molecule has 0 aromatic rings. The zero-order chi connectivity index (χ0) is 11.8. The lowest BCUT2D eigenvalue weighted by Gasteiger charge is -2.34. The Bertz CT molecular complexity index is 335. The number of hydrogen-bond acceptors (Lipinski definition) is 4. The first-order valence-electron chi connectivity index (χ1n) is 6.17. The molecule has 0 aromatic carbocycles. The molecule has 0 radical (unpaired) electrons. The number of nitrogens with zero attached hydrogens (tertiary/aromatic N) is 1. The van der Waals surface area contributed by atoms with Crippen LogP contribution in [-0.2, 0) is 9.84 Å². The molecule has 16 heavy (non-hydrogen) atoms. The lowest BCUT2D eigenvalue weighted by Crippen LogP contribution is -2.47. The predicted octanol–water partition coefficient (Wildman–Crippen LogP) is 0.409. The van der Waals surface area contributed by atoms with Crippen molar-refractivity contribution in [1.29, 1.82) is 0 Å². The standard InChI is InChI=1S/C11H21NO3S/c1-2-12(9-5-3-4-6-9)10-7-16(14,15)8-11(10)13/h9-11,13H,2-8H2,1H3. The second kappa shape index (κ2) is 4.63. The third kappa shape index (κ3) is 2.41. The van der Waals surface area contributed by atoms with Crippen LogP contribution in [0.4, 0.5) is 0 Å². The van der Waals surface area contributed by atoms with E-state index in [1.54, 1.807) is 0 Å². The summed E-state index contributed by atoms with van der Waals surface area (Å²) < 4.78 is 23.0. The molecule has 2 unspecified atom stereocenters. The van der Waals surface area contributed by atoms with Crippen LogP contribution in [0.25, 0.3) is 0 Å². The predicted molar refractivity (Wildman–Crippen MR) is 63.1 cm³/mol. The van der Waals surface area contributed by atoms with Gasteiger partial charge in [-0.3, -0.25) is 4.90 Å². The van der Waals surface area contributed by atoms with Crippen molar-refractivity contribution in [2.24, 2.45) is 0 Å². The fourth-order valence-corrected chi connectivity index (χ4v) is 4.94. The Morgan fingerprint density at radius 2 is 1.88 bits per heavy atom. The van der Waals surface area contributed by atoms with Crippen LogP contribution in [-0.4, -0.2) is 54.7 Å². The minimum absolute atomic E-state index is 0.0547. The van der Waals surface area contributed by atoms with Gasteiger partial charge in [-0.15, -0.1) is 0 Å². The number of rotatable bonds is 3. The Kier molecular flexibility index (Phi) is 3.56. The molecule has 2 atom stereocenters. The van der Waals surface area contributed by atoms with Crippen molar-refractivity contribution in [3.63, 3.8) is 0 Å². The molecule has 0 amide bonds. The summed E-state index contributed by atoms with van der Waals surface area (Å²) in [7, 11) is -3.02. The maximum atomic E-state index is 11.5. The molecule has 1 aliphatic heterocycles. The van der Waals surface area contributed by atoms with Crippen LogP contribution < -0.4 is 0 Å². The smallest absolute Gasteiger partial charge is 0.154 e. The molecule has 1 aliphatic carbocycles. The molecule has 1 saturated carbocycles. The van der Waals surface area contributed by atoms with Crippen LogP contribution in [0.5, 0.6) is 0 Å². The van der Waals surface area contributed by atoms with Gasteiger partial charge in [0.15, 0.2) is 9.84 Å². The summed E-state index contributed by atoms with van der Waals surface area (Å²) in [6.45, 7) is 2.89. The van der Waals surface area contributed by atoms with Gasteiger partial charge in [0, 0.05) is 6.04 Å². The molecule has 1 N–H and O–H groups in total. The van der Waals surface area contributed by atoms with Crippen molar-refractivity contribution in [1.82, 2.24) is 4.90 Å². The van der Waals surface area contributed by atoms with E-state index in [1.807, 2.05) is 0 Å². The highest BCUT2D eigenvalue weighted by molar-refractivity contribution is 7.91. The largest absolute Gasteiger partial charge is 0.390 e. The Balaban J connectivity index is 2.09. The Hall–Kier alpha value is -0.130. The van der Waals surface area contributed by atoms with E-state index in [9.17, 15) is 13.5 Å². The number of sulfone groups is 1. The molecule has 5 heteroatoms. The number of aliphatic hydroxyl groups excluding tert-OH is 1. The van der Waals surface area contributed by atoms with Gasteiger partial charge in [-0.25, -0.2) is 8.42 Å². The van der Waals surface area contributed by atoms with Crippen LogP contribution in [0.3, 0.4) is 0 Å². The normalized spacial score (nSPS) is 34.9. The monoisotopic (exact) mass is 247 g/mol. The van der Waals surface area contributed by atoms with Crippen molar-refractivity contribution >= 4 is 9.84 Å². The molecule has 0 bridgehead atoms. The number of likely N-dealkylation sites (N-methyl/N-ethyl adjacent to an activating group) is 1. The zero-order valence-electron chi connectivity index (χ0n) is 9.80. The molecule has 2 fully saturated rings. The first kappa shape index (κ1) is 12.3. The molecule has 0 aromatic heterocycles. The minimum Gasteiger partial charge on any atom is -0.390 e. The highest BCUT2D eigenvalue weighted by atomic mass is 32.2. The maximum absolute atomic E-state index is 11.5. The molecule has 2 aliphatic rings. The van der Waals surface area contributed by atoms with Crippen molar-refractivity contribution in [3.05, 3.63) is 0 Å². The van der Waals surface area contributed by atoms with Gasteiger partial charge in [0.05, 0.1) is 23.7 Å². The number of aliphatic hydroxyl groups is 1. The van der Waals surface area contributed by atoms with E-state index >= 15 is 0 Å². The van der Waals surface area contributed by atoms with Crippen LogP contribution in [0.1, 0.15) is 32.6 Å². The lowest BCUT2D eigenvalue weighted by molar-refractivity contribution is 0.0590. The van der Waals surface area contributed by atoms with Gasteiger partial charge < -0.3 is 5.11 Å². The Morgan fingerprint density at radius 1 is 1.25 bits per heavy atom. The van der Waals surface area contributed by atoms with Gasteiger partial charge >= 0.3 is 0 Å². The van der Waals surface area contributed by atoms with Gasteiger partial charge in [0.2, 0.25) is 0 Å². The molecule has 1 heterocycles. The average Bonchev–Trinajstić information content (AvgIpc) is 2.77. The highest BCUT2D eigenvalue weighted by Crippen LogP contribution is 2.28. The van der Waals surface area contributed by atoms with Crippen molar-refractivity contribution in [3.8, 4) is 0 Å². The molecule has 94 valence electrons. The third-order valence-corrected chi connectivity index (χ3v) is 5.58. The number of hydrogen-bond donors (Lipinski definition) is 1. The summed E-state index contributed by atoms with van der Waals surface area (Å²) in [5.74, 6) is 0.0827. The van der Waals surface area contributed by atoms with E-state index in [0.717, 1.165) is 19.4 Å². The van der Waals surface area contributed by atoms with Crippen LogP contribution in [0.2, 0.25) is 0 Å². The first-order valence-corrected chi connectivity index (χ1v) is 8.00. The van der Waals surface area contributed by atoms with Gasteiger partial charge in [-0.2, -0.15) is 0 Å². The lowest BCUT2D eigenvalue weighted by atomic mass is 10.1. The van der Waals surface area contributed by atoms with E-state index in [2.05, 4.69) is 11.8 Å². The zero-order valence-corrected chi connectivity index (χ0v) is 10.6. The van der Waals surface area contributed by atoms with Gasteiger partial charge in [-0.1, -0.05) is 19.8 Å². The molecular weight excluding hydrogens is 226 g/mol. The summed E-state index contributed by atoms with van der Waals surface area (Å²) in [6, 6.07) is 0.316. The summed E-state index contributed by atoms with van der Waals surface area (Å²) in [5.41, 5.74) is 0. The molecule has 1 saturated heterocycles. The second-order valence-corrected chi connectivity index (χ2v) is 7.13. The molecule has 2 rings (SSSR count). The van der Waals surface area contributed by atoms with Gasteiger partial charge in [0.1, 0.15) is 0 Å². The van der Waals surface area contributed by atoms with Gasteiger partial charge in [-0.05, 0) is 19.4 Å². The van der Waals surface area contributed by atoms with Gasteiger partial charge in [0.25, 0.3) is 0 Å². The first-order chi connectivity index (χ1) is 7.53. The maximum Gasteiger partial charge on any atom is 0.154 e. The van der Waals surface area contributed by atoms with E-state index in [1.165, 1.54) is 12.8 Å². The van der Waals surface area contributed by atoms with E-state index in [4.69, 9.17) is 0 Å². The van der Waals surface area contributed by atoms with Crippen molar-refractivity contribution in [2.45, 2.75) is 50.8 Å².